The van der Waals surface area contributed by atoms with Crippen molar-refractivity contribution in [2.75, 3.05) is 26.1 Å². The normalized spacial score (nSPS) is 11.9. The smallest absolute Gasteiger partial charge is 0.341 e. The van der Waals surface area contributed by atoms with Gasteiger partial charge in [-0.2, -0.15) is 0 Å². The summed E-state index contributed by atoms with van der Waals surface area (Å²) in [5.74, 6) is 0.161. The molecule has 59 heavy (non-hydrogen) atoms. The van der Waals surface area contributed by atoms with E-state index >= 15 is 0 Å². The largest absolute Gasteiger partial charge is 0.462 e. The lowest BCUT2D eigenvalue weighted by Crippen LogP contribution is -2.19. The van der Waals surface area contributed by atoms with E-state index in [4.69, 9.17) is 18.9 Å². The fourth-order valence-electron chi connectivity index (χ4n) is 5.26. The number of hydrogen-bond donors (Lipinski definition) is 0. The summed E-state index contributed by atoms with van der Waals surface area (Å²) in [6.07, 6.45) is 2.35. The minimum absolute atomic E-state index is 0.0417. The van der Waals surface area contributed by atoms with Crippen molar-refractivity contribution in [1.82, 2.24) is 4.98 Å². The van der Waals surface area contributed by atoms with E-state index in [0.29, 0.717) is 52.9 Å². The predicted octanol–water partition coefficient (Wildman–Crippen LogP) is 11.6. The molecule has 316 valence electrons. The van der Waals surface area contributed by atoms with Crippen LogP contribution in [0, 0.1) is 23.2 Å². The van der Waals surface area contributed by atoms with Crippen LogP contribution in [0.15, 0.2) is 108 Å². The van der Waals surface area contributed by atoms with Crippen molar-refractivity contribution >= 4 is 39.6 Å². The highest BCUT2D eigenvalue weighted by Gasteiger charge is 2.22. The molecule has 10 heteroatoms. The van der Waals surface area contributed by atoms with E-state index in [-0.39, 0.29) is 28.2 Å². The molecule has 5 rings (SSSR count). The number of ether oxygens (including phenoxy) is 4. The second-order valence-corrected chi connectivity index (χ2v) is 19.0. The highest BCUT2D eigenvalue weighted by Crippen LogP contribution is 2.27. The van der Waals surface area contributed by atoms with Crippen LogP contribution in [0.1, 0.15) is 112 Å². The maximum Gasteiger partial charge on any atom is 0.341 e. The van der Waals surface area contributed by atoms with Crippen molar-refractivity contribution in [2.45, 2.75) is 87.5 Å². The van der Waals surface area contributed by atoms with E-state index in [2.05, 4.69) is 25.8 Å². The first kappa shape index (κ1) is 48.0. The molecular weight excluding hydrogens is 763 g/mol. The summed E-state index contributed by atoms with van der Waals surface area (Å²) in [4.78, 5) is 41.8. The molecule has 5 aromatic rings. The third-order valence-electron chi connectivity index (χ3n) is 8.18. The van der Waals surface area contributed by atoms with Crippen LogP contribution in [-0.4, -0.2) is 53.2 Å². The summed E-state index contributed by atoms with van der Waals surface area (Å²) in [7, 11) is -1.19. The number of carbonyl (C=O) groups is 3. The average Bonchev–Trinajstić information content (AvgIpc) is 3.18. The number of esters is 3. The fourth-order valence-corrected chi connectivity index (χ4v) is 6.00. The van der Waals surface area contributed by atoms with Gasteiger partial charge in [0.05, 0.1) is 52.2 Å². The van der Waals surface area contributed by atoms with Crippen LogP contribution in [0.2, 0.25) is 0 Å². The van der Waals surface area contributed by atoms with Crippen LogP contribution in [0.25, 0.3) is 10.9 Å². The Hall–Kier alpha value is -5.35. The standard InChI is InChI=1S/C18H23NO2.C18H20O3.C13H18O3S/c1-6-14-12(2)16(17(20)21-11-18(3,4)5)13-9-7-8-10-15(13)19-14;1-18(2,3)13-20-17(19)15-11-7-8-12-16(15)21-14-9-5-4-6-10-14;1-13(2,3)9-16-12(14)10-7-5-6-8-11(10)17(4)15/h7-10H,6,11H2,1-5H3;4-12H,13H2,1-3H3;5-8H,9H2,1-4H3. The summed E-state index contributed by atoms with van der Waals surface area (Å²) in [6.45, 7) is 23.3. The van der Waals surface area contributed by atoms with Gasteiger partial charge in [-0.05, 0) is 77.6 Å². The van der Waals surface area contributed by atoms with Gasteiger partial charge in [0.15, 0.2) is 0 Å². The zero-order valence-electron chi connectivity index (χ0n) is 36.8. The number of aromatic nitrogens is 1. The molecule has 0 aliphatic heterocycles. The Kier molecular flexibility index (Phi) is 17.6. The molecule has 1 heterocycles. The molecule has 1 aromatic heterocycles. The van der Waals surface area contributed by atoms with Crippen molar-refractivity contribution in [3.05, 3.63) is 131 Å². The van der Waals surface area contributed by atoms with Crippen molar-refractivity contribution < 1.29 is 37.5 Å². The number of aryl methyl sites for hydroxylation is 1. The molecule has 1 atom stereocenters. The Bertz CT molecular complexity index is 2190. The van der Waals surface area contributed by atoms with Gasteiger partial charge in [0.25, 0.3) is 0 Å². The highest BCUT2D eigenvalue weighted by atomic mass is 32.2. The van der Waals surface area contributed by atoms with Crippen LogP contribution < -0.4 is 4.74 Å². The highest BCUT2D eigenvalue weighted by molar-refractivity contribution is 7.84. The summed E-state index contributed by atoms with van der Waals surface area (Å²) >= 11 is 0. The first-order valence-corrected chi connectivity index (χ1v) is 21.3. The predicted molar refractivity (Wildman–Crippen MR) is 237 cm³/mol. The third kappa shape index (κ3) is 16.1. The van der Waals surface area contributed by atoms with Crippen LogP contribution >= 0.6 is 0 Å². The van der Waals surface area contributed by atoms with E-state index in [1.54, 1.807) is 48.7 Å². The minimum Gasteiger partial charge on any atom is -0.462 e. The molecule has 0 saturated heterocycles. The second-order valence-electron chi connectivity index (χ2n) is 17.7. The van der Waals surface area contributed by atoms with Crippen molar-refractivity contribution in [2.24, 2.45) is 16.2 Å². The van der Waals surface area contributed by atoms with Gasteiger partial charge in [0.2, 0.25) is 0 Å². The maximum absolute atomic E-state index is 12.5. The second kappa shape index (κ2) is 21.6. The first-order valence-electron chi connectivity index (χ1n) is 19.7. The lowest BCUT2D eigenvalue weighted by atomic mass is 9.98. The number of fused-ring (bicyclic) bond motifs is 1. The van der Waals surface area contributed by atoms with Crippen molar-refractivity contribution in [3.8, 4) is 11.5 Å². The monoisotopic (exact) mass is 823 g/mol. The van der Waals surface area contributed by atoms with E-state index in [1.165, 1.54) is 0 Å². The van der Waals surface area contributed by atoms with Gasteiger partial charge in [-0.1, -0.05) is 130 Å². The minimum atomic E-state index is -1.19. The summed E-state index contributed by atoms with van der Waals surface area (Å²) in [5.41, 5.74) is 4.03. The van der Waals surface area contributed by atoms with Crippen LogP contribution in [0.4, 0.5) is 0 Å². The van der Waals surface area contributed by atoms with Gasteiger partial charge in [-0.3, -0.25) is 9.19 Å². The molecule has 1 unspecified atom stereocenters. The number of benzene rings is 4. The average molecular weight is 824 g/mol. The first-order chi connectivity index (χ1) is 27.6. The molecule has 0 spiro atoms. The van der Waals surface area contributed by atoms with Gasteiger partial charge < -0.3 is 18.9 Å². The lowest BCUT2D eigenvalue weighted by Gasteiger charge is -2.19. The molecule has 0 amide bonds. The molecule has 0 N–H and O–H groups in total. The summed E-state index contributed by atoms with van der Waals surface area (Å²) < 4.78 is 33.3. The molecule has 0 fully saturated rings. The number of nitrogens with zero attached hydrogens (tertiary/aromatic N) is 1. The number of carbonyl (C=O) groups excluding carboxylic acids is 3. The molecule has 0 aliphatic rings. The van der Waals surface area contributed by atoms with Gasteiger partial charge in [-0.15, -0.1) is 0 Å². The maximum atomic E-state index is 12.5. The Labute approximate surface area is 353 Å². The van der Waals surface area contributed by atoms with Crippen LogP contribution in [0.3, 0.4) is 0 Å². The SMILES string of the molecule is CC(C)(C)COC(=O)c1ccccc1Oc1ccccc1.CCc1nc2ccccc2c(C(=O)OCC(C)(C)C)c1C.CS(=O)c1ccccc1C(=O)OCC(C)(C)C. The number of hydrogen-bond acceptors (Lipinski definition) is 9. The van der Waals surface area contributed by atoms with E-state index in [9.17, 15) is 18.6 Å². The molecule has 0 radical (unpaired) electrons. The summed E-state index contributed by atoms with van der Waals surface area (Å²) in [5, 5.41) is 0.867. The van der Waals surface area contributed by atoms with Crippen LogP contribution in [0.5, 0.6) is 11.5 Å². The lowest BCUT2D eigenvalue weighted by molar-refractivity contribution is 0.0357. The van der Waals surface area contributed by atoms with E-state index in [0.717, 1.165) is 28.6 Å². The van der Waals surface area contributed by atoms with E-state index in [1.807, 2.05) is 116 Å². The van der Waals surface area contributed by atoms with Gasteiger partial charge >= 0.3 is 17.9 Å². The molecule has 0 aliphatic carbocycles. The number of pyridine rings is 1. The van der Waals surface area contributed by atoms with Gasteiger partial charge in [-0.25, -0.2) is 14.4 Å². The topological polar surface area (TPSA) is 118 Å². The quantitative estimate of drug-likeness (QED) is 0.100. The zero-order chi connectivity index (χ0) is 44.0. The van der Waals surface area contributed by atoms with Crippen LogP contribution in [-0.2, 0) is 31.4 Å². The molecule has 0 saturated carbocycles. The van der Waals surface area contributed by atoms with E-state index < -0.39 is 16.8 Å². The molecule has 0 bridgehead atoms. The third-order valence-corrected chi connectivity index (χ3v) is 9.15. The zero-order valence-corrected chi connectivity index (χ0v) is 37.6. The Morgan fingerprint density at radius 1 is 0.593 bits per heavy atom. The Balaban J connectivity index is 0.000000238. The molecule has 9 nitrogen and oxygen atoms in total. The Morgan fingerprint density at radius 2 is 1.05 bits per heavy atom. The number of rotatable bonds is 10. The summed E-state index contributed by atoms with van der Waals surface area (Å²) in [6, 6.07) is 31.0. The van der Waals surface area contributed by atoms with Gasteiger partial charge in [0, 0.05) is 17.3 Å². The Morgan fingerprint density at radius 3 is 1.59 bits per heavy atom. The number of para-hydroxylation sites is 3. The molecule has 4 aromatic carbocycles. The fraction of sp³-hybridized carbons (Fsp3) is 0.388. The van der Waals surface area contributed by atoms with Gasteiger partial charge in [0.1, 0.15) is 17.1 Å². The van der Waals surface area contributed by atoms with Crippen molar-refractivity contribution in [1.29, 1.82) is 0 Å². The molecular formula is C49H61NO8S. The van der Waals surface area contributed by atoms with Crippen molar-refractivity contribution in [3.63, 3.8) is 0 Å².